The number of phenols is 1. The predicted molar refractivity (Wildman–Crippen MR) is 78.0 cm³/mol. The maximum Gasteiger partial charge on any atom is 0.337 e. The van der Waals surface area contributed by atoms with Crippen LogP contribution in [-0.4, -0.2) is 18.2 Å². The van der Waals surface area contributed by atoms with Crippen molar-refractivity contribution in [1.82, 2.24) is 0 Å². The molecule has 4 nitrogen and oxygen atoms in total. The topological polar surface area (TPSA) is 58.6 Å². The molecule has 0 heterocycles. The number of nitrogens with one attached hydrogen (secondary N) is 1. The molecule has 0 aromatic heterocycles. The van der Waals surface area contributed by atoms with Gasteiger partial charge in [0.25, 0.3) is 0 Å². The van der Waals surface area contributed by atoms with Gasteiger partial charge in [0.1, 0.15) is 5.75 Å². The Bertz CT molecular complexity index is 606. The number of esters is 1. The van der Waals surface area contributed by atoms with Crippen molar-refractivity contribution in [3.05, 3.63) is 59.2 Å². The van der Waals surface area contributed by atoms with Crippen LogP contribution in [0.25, 0.3) is 0 Å². The number of aromatic hydroxyl groups is 1. The molecule has 0 aliphatic heterocycles. The standard InChI is InChI=1S/C16H17NO3/c1-11-4-3-5-14(15(11)18)17-10-12-6-8-13(9-7-12)16(19)20-2/h3-9,17-18H,10H2,1-2H3. The van der Waals surface area contributed by atoms with Gasteiger partial charge in [-0.3, -0.25) is 0 Å². The van der Waals surface area contributed by atoms with Crippen molar-refractivity contribution in [2.24, 2.45) is 0 Å². The minimum absolute atomic E-state index is 0.263. The Morgan fingerprint density at radius 1 is 1.20 bits per heavy atom. The fraction of sp³-hybridized carbons (Fsp3) is 0.188. The number of rotatable bonds is 4. The van der Waals surface area contributed by atoms with E-state index >= 15 is 0 Å². The number of aryl methyl sites for hydroxylation is 1. The lowest BCUT2D eigenvalue weighted by Crippen LogP contribution is -2.03. The fourth-order valence-electron chi connectivity index (χ4n) is 1.88. The number of anilines is 1. The molecule has 2 aromatic carbocycles. The molecule has 4 heteroatoms. The lowest BCUT2D eigenvalue weighted by atomic mass is 10.1. The number of ether oxygens (including phenoxy) is 1. The van der Waals surface area contributed by atoms with E-state index in [9.17, 15) is 9.90 Å². The van der Waals surface area contributed by atoms with Gasteiger partial charge in [0.05, 0.1) is 18.4 Å². The average molecular weight is 271 g/mol. The Balaban J connectivity index is 2.04. The summed E-state index contributed by atoms with van der Waals surface area (Å²) in [6.07, 6.45) is 0. The molecule has 0 aliphatic carbocycles. The molecule has 0 atom stereocenters. The average Bonchev–Trinajstić information content (AvgIpc) is 2.48. The number of carbonyl (C=O) groups is 1. The highest BCUT2D eigenvalue weighted by atomic mass is 16.5. The monoisotopic (exact) mass is 271 g/mol. The van der Waals surface area contributed by atoms with Crippen molar-refractivity contribution in [2.75, 3.05) is 12.4 Å². The van der Waals surface area contributed by atoms with Crippen LogP contribution in [0.2, 0.25) is 0 Å². The largest absolute Gasteiger partial charge is 0.506 e. The summed E-state index contributed by atoms with van der Waals surface area (Å²) < 4.78 is 4.65. The van der Waals surface area contributed by atoms with Crippen LogP contribution < -0.4 is 5.32 Å². The first-order valence-electron chi connectivity index (χ1n) is 6.31. The lowest BCUT2D eigenvalue weighted by Gasteiger charge is -2.10. The highest BCUT2D eigenvalue weighted by molar-refractivity contribution is 5.89. The van der Waals surface area contributed by atoms with Crippen molar-refractivity contribution in [2.45, 2.75) is 13.5 Å². The molecule has 20 heavy (non-hydrogen) atoms. The van der Waals surface area contributed by atoms with Crippen molar-refractivity contribution in [3.8, 4) is 5.75 Å². The summed E-state index contributed by atoms with van der Waals surface area (Å²) >= 11 is 0. The number of phenolic OH excluding ortho intramolecular Hbond substituents is 1. The number of benzene rings is 2. The Labute approximate surface area is 118 Å². The Morgan fingerprint density at radius 2 is 1.90 bits per heavy atom. The third-order valence-corrected chi connectivity index (χ3v) is 3.10. The molecule has 0 radical (unpaired) electrons. The molecule has 2 aromatic rings. The molecular weight excluding hydrogens is 254 g/mol. The van der Waals surface area contributed by atoms with Crippen LogP contribution in [0.3, 0.4) is 0 Å². The second kappa shape index (κ2) is 6.10. The van der Waals surface area contributed by atoms with Crippen LogP contribution in [0.15, 0.2) is 42.5 Å². The van der Waals surface area contributed by atoms with E-state index in [4.69, 9.17) is 0 Å². The number of methoxy groups -OCH3 is 1. The zero-order valence-corrected chi connectivity index (χ0v) is 11.5. The van der Waals surface area contributed by atoms with E-state index in [0.717, 1.165) is 11.1 Å². The second-order valence-electron chi connectivity index (χ2n) is 4.51. The number of hydrogen-bond donors (Lipinski definition) is 2. The maximum atomic E-state index is 11.3. The molecule has 0 saturated carbocycles. The van der Waals surface area contributed by atoms with E-state index in [1.54, 1.807) is 12.1 Å². The Hall–Kier alpha value is -2.49. The third kappa shape index (κ3) is 3.09. The summed E-state index contributed by atoms with van der Waals surface area (Å²) in [7, 11) is 1.36. The first kappa shape index (κ1) is 13.9. The third-order valence-electron chi connectivity index (χ3n) is 3.10. The van der Waals surface area contributed by atoms with Gasteiger partial charge in [-0.2, -0.15) is 0 Å². The van der Waals surface area contributed by atoms with Crippen LogP contribution in [0, 0.1) is 6.92 Å². The van der Waals surface area contributed by atoms with Crippen LogP contribution in [0.4, 0.5) is 5.69 Å². The second-order valence-corrected chi connectivity index (χ2v) is 4.51. The number of hydrogen-bond acceptors (Lipinski definition) is 4. The normalized spacial score (nSPS) is 10.1. The SMILES string of the molecule is COC(=O)c1ccc(CNc2cccc(C)c2O)cc1. The number of carbonyl (C=O) groups excluding carboxylic acids is 1. The maximum absolute atomic E-state index is 11.3. The first-order valence-corrected chi connectivity index (χ1v) is 6.31. The summed E-state index contributed by atoms with van der Waals surface area (Å²) in [5.41, 5.74) is 3.06. The molecule has 0 bridgehead atoms. The fourth-order valence-corrected chi connectivity index (χ4v) is 1.88. The van der Waals surface area contributed by atoms with Gasteiger partial charge in [-0.1, -0.05) is 24.3 Å². The van der Waals surface area contributed by atoms with Gasteiger partial charge in [-0.25, -0.2) is 4.79 Å². The van der Waals surface area contributed by atoms with Crippen LogP contribution >= 0.6 is 0 Å². The molecule has 104 valence electrons. The van der Waals surface area contributed by atoms with Gasteiger partial charge in [0, 0.05) is 6.54 Å². The molecular formula is C16H17NO3. The highest BCUT2D eigenvalue weighted by Gasteiger charge is 2.05. The predicted octanol–water partition coefficient (Wildman–Crippen LogP) is 3.10. The molecule has 0 fully saturated rings. The van der Waals surface area contributed by atoms with Gasteiger partial charge in [-0.15, -0.1) is 0 Å². The minimum Gasteiger partial charge on any atom is -0.506 e. The smallest absolute Gasteiger partial charge is 0.337 e. The van der Waals surface area contributed by atoms with E-state index in [2.05, 4.69) is 10.1 Å². The van der Waals surface area contributed by atoms with Crippen LogP contribution in [0.5, 0.6) is 5.75 Å². The first-order chi connectivity index (χ1) is 9.61. The van der Waals surface area contributed by atoms with E-state index in [1.807, 2.05) is 37.3 Å². The summed E-state index contributed by atoms with van der Waals surface area (Å²) in [6.45, 7) is 2.42. The zero-order chi connectivity index (χ0) is 14.5. The highest BCUT2D eigenvalue weighted by Crippen LogP contribution is 2.26. The summed E-state index contributed by atoms with van der Waals surface area (Å²) in [5, 5.41) is 13.1. The van der Waals surface area contributed by atoms with E-state index in [-0.39, 0.29) is 11.7 Å². The van der Waals surface area contributed by atoms with E-state index in [0.29, 0.717) is 17.8 Å². The molecule has 0 amide bonds. The molecule has 0 unspecified atom stereocenters. The number of para-hydroxylation sites is 1. The van der Waals surface area contributed by atoms with E-state index < -0.39 is 0 Å². The van der Waals surface area contributed by atoms with Gasteiger partial charge in [-0.05, 0) is 36.2 Å². The van der Waals surface area contributed by atoms with Gasteiger partial charge in [0.2, 0.25) is 0 Å². The van der Waals surface area contributed by atoms with Crippen molar-refractivity contribution in [1.29, 1.82) is 0 Å². The van der Waals surface area contributed by atoms with Gasteiger partial charge in [0.15, 0.2) is 0 Å². The molecule has 0 saturated heterocycles. The van der Waals surface area contributed by atoms with E-state index in [1.165, 1.54) is 7.11 Å². The molecule has 0 spiro atoms. The molecule has 2 N–H and O–H groups in total. The molecule has 0 aliphatic rings. The summed E-state index contributed by atoms with van der Waals surface area (Å²) in [6, 6.07) is 12.7. The summed E-state index contributed by atoms with van der Waals surface area (Å²) in [5.74, 6) is -0.0838. The zero-order valence-electron chi connectivity index (χ0n) is 11.5. The quantitative estimate of drug-likeness (QED) is 0.662. The Kier molecular flexibility index (Phi) is 4.25. The van der Waals surface area contributed by atoms with Crippen molar-refractivity contribution < 1.29 is 14.6 Å². The van der Waals surface area contributed by atoms with Crippen LogP contribution in [0.1, 0.15) is 21.5 Å². The van der Waals surface area contributed by atoms with Gasteiger partial charge < -0.3 is 15.2 Å². The van der Waals surface area contributed by atoms with Gasteiger partial charge >= 0.3 is 5.97 Å². The van der Waals surface area contributed by atoms with Crippen molar-refractivity contribution in [3.63, 3.8) is 0 Å². The van der Waals surface area contributed by atoms with Crippen LogP contribution in [-0.2, 0) is 11.3 Å². The van der Waals surface area contributed by atoms with Crippen molar-refractivity contribution >= 4 is 11.7 Å². The minimum atomic E-state index is -0.346. The molecule has 2 rings (SSSR count). The Morgan fingerprint density at radius 3 is 2.55 bits per heavy atom. The lowest BCUT2D eigenvalue weighted by molar-refractivity contribution is 0.0600. The summed E-state index contributed by atoms with van der Waals surface area (Å²) in [4.78, 5) is 11.3.